The normalized spacial score (nSPS) is 19.0. The number of aliphatic imine (C=N–C) groups is 1. The molecule has 1 unspecified atom stereocenters. The van der Waals surface area contributed by atoms with E-state index >= 15 is 0 Å². The predicted octanol–water partition coefficient (Wildman–Crippen LogP) is 3.79. The van der Waals surface area contributed by atoms with Crippen molar-refractivity contribution >= 4 is 11.5 Å². The Balaban J connectivity index is 1.69. The molecule has 0 fully saturated rings. The number of imidazole rings is 1. The van der Waals surface area contributed by atoms with Gasteiger partial charge < -0.3 is 13.9 Å². The van der Waals surface area contributed by atoms with Crippen LogP contribution in [0.5, 0.6) is 5.75 Å². The van der Waals surface area contributed by atoms with Crippen molar-refractivity contribution in [2.24, 2.45) is 4.99 Å². The Morgan fingerprint density at radius 1 is 1.15 bits per heavy atom. The fourth-order valence-electron chi connectivity index (χ4n) is 3.84. The monoisotopic (exact) mass is 347 g/mol. The van der Waals surface area contributed by atoms with Crippen LogP contribution < -0.4 is 4.74 Å². The van der Waals surface area contributed by atoms with E-state index in [1.165, 1.54) is 5.56 Å². The first-order valence-electron chi connectivity index (χ1n) is 9.12. The maximum Gasteiger partial charge on any atom is 0.218 e. The molecule has 0 saturated heterocycles. The summed E-state index contributed by atoms with van der Waals surface area (Å²) in [6, 6.07) is 10.4. The minimum Gasteiger partial charge on any atom is -0.481 e. The Labute approximate surface area is 152 Å². The van der Waals surface area contributed by atoms with E-state index in [1.807, 2.05) is 13.0 Å². The first-order chi connectivity index (χ1) is 12.7. The topological polar surface area (TPSA) is 48.1 Å². The molecule has 0 amide bonds. The fourth-order valence-corrected chi connectivity index (χ4v) is 3.84. The molecule has 5 rings (SSSR count). The van der Waals surface area contributed by atoms with Gasteiger partial charge in [0.05, 0.1) is 17.8 Å². The molecule has 5 nitrogen and oxygen atoms in total. The van der Waals surface area contributed by atoms with E-state index in [2.05, 4.69) is 46.8 Å². The second kappa shape index (κ2) is 5.87. The summed E-state index contributed by atoms with van der Waals surface area (Å²) in [4.78, 5) is 9.32. The smallest absolute Gasteiger partial charge is 0.218 e. The number of hydrogen-bond donors (Lipinski definition) is 0. The fraction of sp³-hybridized carbons (Fsp3) is 0.333. The second-order valence-corrected chi connectivity index (χ2v) is 6.92. The van der Waals surface area contributed by atoms with Gasteiger partial charge >= 0.3 is 0 Å². The Morgan fingerprint density at radius 2 is 2.00 bits per heavy atom. The lowest BCUT2D eigenvalue weighted by atomic mass is 9.95. The molecular weight excluding hydrogens is 326 g/mol. The molecular formula is C21H21N3O2. The van der Waals surface area contributed by atoms with Crippen molar-refractivity contribution in [3.63, 3.8) is 0 Å². The van der Waals surface area contributed by atoms with Gasteiger partial charge in [-0.3, -0.25) is 0 Å². The number of benzene rings is 1. The summed E-state index contributed by atoms with van der Waals surface area (Å²) >= 11 is 0. The second-order valence-electron chi connectivity index (χ2n) is 6.92. The van der Waals surface area contributed by atoms with Gasteiger partial charge in [-0.2, -0.15) is 0 Å². The molecule has 3 aromatic rings. The number of ether oxygens (including phenoxy) is 2. The van der Waals surface area contributed by atoms with E-state index in [0.29, 0.717) is 6.61 Å². The highest BCUT2D eigenvalue weighted by molar-refractivity contribution is 5.97. The van der Waals surface area contributed by atoms with Crippen LogP contribution in [-0.4, -0.2) is 28.4 Å². The van der Waals surface area contributed by atoms with Crippen LogP contribution in [-0.2, 0) is 11.2 Å². The average Bonchev–Trinajstić information content (AvgIpc) is 3.31. The minimum absolute atomic E-state index is 0.0477. The van der Waals surface area contributed by atoms with E-state index in [9.17, 15) is 0 Å². The molecule has 1 atom stereocenters. The van der Waals surface area contributed by atoms with Crippen LogP contribution in [0.3, 0.4) is 0 Å². The summed E-state index contributed by atoms with van der Waals surface area (Å²) in [5.41, 5.74) is 6.43. The number of aromatic nitrogens is 2. The molecule has 5 heteroatoms. The zero-order valence-corrected chi connectivity index (χ0v) is 15.0. The van der Waals surface area contributed by atoms with Crippen LogP contribution in [0, 0.1) is 13.8 Å². The summed E-state index contributed by atoms with van der Waals surface area (Å²) in [5.74, 6) is 1.60. The molecule has 0 N–H and O–H groups in total. The Bertz CT molecular complexity index is 1020. The summed E-state index contributed by atoms with van der Waals surface area (Å²) < 4.78 is 14.4. The Morgan fingerprint density at radius 3 is 2.77 bits per heavy atom. The number of rotatable bonds is 2. The number of pyridine rings is 1. The van der Waals surface area contributed by atoms with Gasteiger partial charge in [-0.25, -0.2) is 9.98 Å². The van der Waals surface area contributed by atoms with Gasteiger partial charge in [-0.1, -0.05) is 30.3 Å². The average molecular weight is 347 g/mol. The molecule has 0 bridgehead atoms. The highest BCUT2D eigenvalue weighted by Crippen LogP contribution is 2.40. The van der Waals surface area contributed by atoms with Gasteiger partial charge in [0, 0.05) is 17.5 Å². The molecule has 0 saturated carbocycles. The SMILES string of the molecule is Cc1nc2c3c(c(C4=NCCO4)cn2c1C)CCC(c1ccccc1)O3. The van der Waals surface area contributed by atoms with Crippen molar-refractivity contribution in [1.29, 1.82) is 0 Å². The molecule has 0 aliphatic carbocycles. The summed E-state index contributed by atoms with van der Waals surface area (Å²) in [7, 11) is 0. The number of aryl methyl sites for hydroxylation is 2. The van der Waals surface area contributed by atoms with Crippen LogP contribution in [0.25, 0.3) is 5.65 Å². The zero-order valence-electron chi connectivity index (χ0n) is 15.0. The maximum absolute atomic E-state index is 6.51. The predicted molar refractivity (Wildman–Crippen MR) is 100 cm³/mol. The summed E-state index contributed by atoms with van der Waals surface area (Å²) in [6.07, 6.45) is 4.02. The van der Waals surface area contributed by atoms with Gasteiger partial charge in [0.15, 0.2) is 11.4 Å². The van der Waals surface area contributed by atoms with Crippen LogP contribution in [0.2, 0.25) is 0 Å². The highest BCUT2D eigenvalue weighted by atomic mass is 16.5. The van der Waals surface area contributed by atoms with Crippen molar-refractivity contribution in [2.75, 3.05) is 13.2 Å². The van der Waals surface area contributed by atoms with Crippen LogP contribution in [0.15, 0.2) is 41.5 Å². The minimum atomic E-state index is 0.0477. The Kier molecular flexibility index (Phi) is 3.48. The van der Waals surface area contributed by atoms with Gasteiger partial charge in [0.25, 0.3) is 0 Å². The summed E-state index contributed by atoms with van der Waals surface area (Å²) in [5, 5.41) is 0. The molecule has 4 heterocycles. The van der Waals surface area contributed by atoms with E-state index in [4.69, 9.17) is 14.5 Å². The van der Waals surface area contributed by atoms with Crippen molar-refractivity contribution in [2.45, 2.75) is 32.8 Å². The summed E-state index contributed by atoms with van der Waals surface area (Å²) in [6.45, 7) is 5.49. The van der Waals surface area contributed by atoms with Crippen molar-refractivity contribution in [3.8, 4) is 5.75 Å². The largest absolute Gasteiger partial charge is 0.481 e. The molecule has 1 aromatic carbocycles. The maximum atomic E-state index is 6.51. The number of fused-ring (bicyclic) bond motifs is 3. The molecule has 0 radical (unpaired) electrons. The van der Waals surface area contributed by atoms with Crippen LogP contribution in [0.4, 0.5) is 0 Å². The van der Waals surface area contributed by atoms with Crippen molar-refractivity contribution < 1.29 is 9.47 Å². The first-order valence-corrected chi connectivity index (χ1v) is 9.12. The lowest BCUT2D eigenvalue weighted by Gasteiger charge is -2.28. The van der Waals surface area contributed by atoms with E-state index in [1.54, 1.807) is 0 Å². The third-order valence-corrected chi connectivity index (χ3v) is 5.35. The van der Waals surface area contributed by atoms with Crippen LogP contribution >= 0.6 is 0 Å². The Hall–Kier alpha value is -2.82. The lowest BCUT2D eigenvalue weighted by molar-refractivity contribution is 0.178. The zero-order chi connectivity index (χ0) is 17.7. The molecule has 2 aromatic heterocycles. The van der Waals surface area contributed by atoms with E-state index < -0.39 is 0 Å². The molecule has 0 spiro atoms. The highest BCUT2D eigenvalue weighted by Gasteiger charge is 2.30. The van der Waals surface area contributed by atoms with Gasteiger partial charge in [-0.15, -0.1) is 0 Å². The lowest BCUT2D eigenvalue weighted by Crippen LogP contribution is -2.19. The van der Waals surface area contributed by atoms with Gasteiger partial charge in [-0.05, 0) is 32.3 Å². The van der Waals surface area contributed by atoms with Gasteiger partial charge in [0.1, 0.15) is 12.7 Å². The standard InChI is InChI=1S/C21H21N3O2/c1-13-14(2)24-12-17(21-22-10-11-25-21)16-8-9-18(15-6-4-3-5-7-15)26-19(16)20(24)23-13/h3-7,12,18H,8-11H2,1-2H3. The number of hydrogen-bond acceptors (Lipinski definition) is 4. The van der Waals surface area contributed by atoms with E-state index in [-0.39, 0.29) is 6.10 Å². The van der Waals surface area contributed by atoms with E-state index in [0.717, 1.165) is 59.2 Å². The third kappa shape index (κ3) is 2.30. The molecule has 132 valence electrons. The quantitative estimate of drug-likeness (QED) is 0.708. The number of nitrogens with zero attached hydrogens (tertiary/aromatic N) is 3. The van der Waals surface area contributed by atoms with Crippen LogP contribution in [0.1, 0.15) is 40.6 Å². The first kappa shape index (κ1) is 15.4. The molecule has 2 aliphatic rings. The third-order valence-electron chi connectivity index (χ3n) is 5.35. The van der Waals surface area contributed by atoms with Gasteiger partial charge in [0.2, 0.25) is 5.90 Å². The molecule has 26 heavy (non-hydrogen) atoms. The van der Waals surface area contributed by atoms with Crippen molar-refractivity contribution in [1.82, 2.24) is 9.38 Å². The van der Waals surface area contributed by atoms with Crippen molar-refractivity contribution in [3.05, 3.63) is 64.6 Å². The molecule has 2 aliphatic heterocycles.